The lowest BCUT2D eigenvalue weighted by molar-refractivity contribution is -0.142. The van der Waals surface area contributed by atoms with Crippen LogP contribution in [-0.4, -0.2) is 55.0 Å². The Morgan fingerprint density at radius 3 is 2.50 bits per heavy atom. The van der Waals surface area contributed by atoms with Crippen LogP contribution in [-0.2, 0) is 9.53 Å². The number of para-hydroxylation sites is 1. The summed E-state index contributed by atoms with van der Waals surface area (Å²) >= 11 is 3.41. The molecule has 110 valence electrons. The minimum atomic E-state index is -0.231. The number of piperazine rings is 1. The number of benzene rings is 1. The zero-order valence-electron chi connectivity index (χ0n) is 11.8. The molecule has 1 saturated heterocycles. The maximum Gasteiger partial charge on any atom is 0.321 e. The van der Waals surface area contributed by atoms with Gasteiger partial charge in [0.2, 0.25) is 0 Å². The molecular weight excluding hydrogens is 320 g/mol. The number of hydrogen-bond donors (Lipinski definition) is 0. The monoisotopic (exact) mass is 340 g/mol. The van der Waals surface area contributed by atoms with Crippen LogP contribution < -0.4 is 4.90 Å². The second-order valence-corrected chi connectivity index (χ2v) is 5.95. The molecule has 1 aromatic rings. The maximum atomic E-state index is 11.6. The van der Waals surface area contributed by atoms with Crippen molar-refractivity contribution in [1.82, 2.24) is 4.90 Å². The fourth-order valence-electron chi connectivity index (χ4n) is 2.36. The summed E-state index contributed by atoms with van der Waals surface area (Å²) in [7, 11) is 0. The van der Waals surface area contributed by atoms with Gasteiger partial charge in [-0.2, -0.15) is 0 Å². The van der Waals surface area contributed by atoms with E-state index >= 15 is 0 Å². The van der Waals surface area contributed by atoms with Crippen molar-refractivity contribution in [1.29, 1.82) is 0 Å². The lowest BCUT2D eigenvalue weighted by Crippen LogP contribution is -2.48. The molecule has 1 heterocycles. The summed E-state index contributed by atoms with van der Waals surface area (Å²) in [5.41, 5.74) is 1.27. The molecule has 0 saturated carbocycles. The largest absolute Gasteiger partial charge is 0.465 e. The number of anilines is 1. The smallest absolute Gasteiger partial charge is 0.321 e. The predicted molar refractivity (Wildman–Crippen MR) is 84.4 cm³/mol. The third-order valence-electron chi connectivity index (χ3n) is 3.45. The third kappa shape index (κ3) is 4.21. The van der Waals surface area contributed by atoms with Crippen LogP contribution in [0.25, 0.3) is 0 Å². The van der Waals surface area contributed by atoms with Gasteiger partial charge in [-0.3, -0.25) is 9.69 Å². The molecule has 0 N–H and O–H groups in total. The molecule has 1 fully saturated rings. The minimum absolute atomic E-state index is 0.169. The highest BCUT2D eigenvalue weighted by Crippen LogP contribution is 2.16. The van der Waals surface area contributed by atoms with Crippen molar-refractivity contribution >= 4 is 27.6 Å². The summed E-state index contributed by atoms with van der Waals surface area (Å²) in [5.74, 6) is -0.169. The van der Waals surface area contributed by atoms with Crippen molar-refractivity contribution in [3.8, 4) is 0 Å². The molecule has 2 rings (SSSR count). The first-order chi connectivity index (χ1) is 9.70. The summed E-state index contributed by atoms with van der Waals surface area (Å²) in [4.78, 5) is 16.0. The van der Waals surface area contributed by atoms with Gasteiger partial charge in [0.25, 0.3) is 0 Å². The van der Waals surface area contributed by atoms with Crippen molar-refractivity contribution in [3.05, 3.63) is 30.3 Å². The summed E-state index contributed by atoms with van der Waals surface area (Å²) < 4.78 is 5.01. The number of alkyl halides is 1. The van der Waals surface area contributed by atoms with Crippen LogP contribution in [0, 0.1) is 0 Å². The molecule has 0 spiro atoms. The van der Waals surface area contributed by atoms with E-state index < -0.39 is 0 Å². The Kier molecular flexibility index (Phi) is 5.86. The lowest BCUT2D eigenvalue weighted by Gasteiger charge is -2.36. The summed E-state index contributed by atoms with van der Waals surface area (Å²) in [6.45, 7) is 6.90. The fraction of sp³-hybridized carbons (Fsp3) is 0.533. The highest BCUT2D eigenvalue weighted by atomic mass is 79.9. The van der Waals surface area contributed by atoms with Gasteiger partial charge >= 0.3 is 5.97 Å². The van der Waals surface area contributed by atoms with Gasteiger partial charge in [-0.05, 0) is 19.1 Å². The molecule has 1 aliphatic rings. The first-order valence-corrected chi connectivity index (χ1v) is 7.95. The third-order valence-corrected chi connectivity index (χ3v) is 4.12. The van der Waals surface area contributed by atoms with E-state index in [9.17, 15) is 4.79 Å². The number of nitrogens with zero attached hydrogens (tertiary/aromatic N) is 2. The van der Waals surface area contributed by atoms with Crippen LogP contribution in [0.3, 0.4) is 0 Å². The molecule has 0 bridgehead atoms. The number of halogens is 1. The number of carbonyl (C=O) groups excluding carboxylic acids is 1. The number of rotatable bonds is 5. The highest BCUT2D eigenvalue weighted by molar-refractivity contribution is 9.10. The summed E-state index contributed by atoms with van der Waals surface area (Å²) in [6.07, 6.45) is 0. The summed E-state index contributed by atoms with van der Waals surface area (Å²) in [6, 6.07) is 10.5. The van der Waals surface area contributed by atoms with Crippen molar-refractivity contribution in [3.63, 3.8) is 0 Å². The van der Waals surface area contributed by atoms with Crippen LogP contribution in [0.4, 0.5) is 5.69 Å². The van der Waals surface area contributed by atoms with Gasteiger partial charge in [0.15, 0.2) is 0 Å². The van der Waals surface area contributed by atoms with E-state index in [1.807, 2.05) is 13.0 Å². The van der Waals surface area contributed by atoms with Crippen molar-refractivity contribution < 1.29 is 9.53 Å². The Bertz CT molecular complexity index is 419. The highest BCUT2D eigenvalue weighted by Gasteiger charge is 2.23. The standard InChI is InChI=1S/C15H21BrN2O2/c1-2-20-15(19)14(16)12-17-8-10-18(11-9-17)13-6-4-3-5-7-13/h3-7,14H,2,8-12H2,1H3. The Morgan fingerprint density at radius 2 is 1.90 bits per heavy atom. The van der Waals surface area contributed by atoms with E-state index in [0.717, 1.165) is 26.2 Å². The van der Waals surface area contributed by atoms with E-state index in [1.54, 1.807) is 0 Å². The van der Waals surface area contributed by atoms with E-state index in [2.05, 4.69) is 50.0 Å². The van der Waals surface area contributed by atoms with Gasteiger partial charge in [0.05, 0.1) is 6.61 Å². The maximum absolute atomic E-state index is 11.6. The summed E-state index contributed by atoms with van der Waals surface area (Å²) in [5, 5.41) is 0. The Morgan fingerprint density at radius 1 is 1.25 bits per heavy atom. The Balaban J connectivity index is 1.78. The van der Waals surface area contributed by atoms with Crippen molar-refractivity contribution in [2.75, 3.05) is 44.2 Å². The van der Waals surface area contributed by atoms with Crippen molar-refractivity contribution in [2.45, 2.75) is 11.8 Å². The Labute approximate surface area is 128 Å². The van der Waals surface area contributed by atoms with E-state index in [1.165, 1.54) is 5.69 Å². The molecular formula is C15H21BrN2O2. The van der Waals surface area contributed by atoms with Gasteiger partial charge in [-0.1, -0.05) is 34.1 Å². The predicted octanol–water partition coefficient (Wildman–Crippen LogP) is 2.14. The minimum Gasteiger partial charge on any atom is -0.465 e. The molecule has 5 heteroatoms. The van der Waals surface area contributed by atoms with Gasteiger partial charge in [-0.15, -0.1) is 0 Å². The normalized spacial score (nSPS) is 17.8. The van der Waals surface area contributed by atoms with Crippen LogP contribution in [0.2, 0.25) is 0 Å². The average molecular weight is 341 g/mol. The number of esters is 1. The molecule has 1 aliphatic heterocycles. The van der Waals surface area contributed by atoms with Crippen LogP contribution in [0.15, 0.2) is 30.3 Å². The molecule has 0 aliphatic carbocycles. The number of carbonyl (C=O) groups is 1. The Hall–Kier alpha value is -1.07. The van der Waals surface area contributed by atoms with Crippen LogP contribution in [0.1, 0.15) is 6.92 Å². The van der Waals surface area contributed by atoms with Crippen molar-refractivity contribution in [2.24, 2.45) is 0 Å². The SMILES string of the molecule is CCOC(=O)C(Br)CN1CCN(c2ccccc2)CC1. The van der Waals surface area contributed by atoms with E-state index in [-0.39, 0.29) is 10.8 Å². The average Bonchev–Trinajstić information content (AvgIpc) is 2.49. The number of hydrogen-bond acceptors (Lipinski definition) is 4. The molecule has 0 amide bonds. The van der Waals surface area contributed by atoms with Crippen LogP contribution in [0.5, 0.6) is 0 Å². The second kappa shape index (κ2) is 7.64. The molecule has 1 unspecified atom stereocenters. The molecule has 1 atom stereocenters. The van der Waals surface area contributed by atoms with Gasteiger partial charge in [0, 0.05) is 38.4 Å². The van der Waals surface area contributed by atoms with Gasteiger partial charge < -0.3 is 9.64 Å². The lowest BCUT2D eigenvalue weighted by atomic mass is 10.2. The first-order valence-electron chi connectivity index (χ1n) is 7.03. The topological polar surface area (TPSA) is 32.8 Å². The molecule has 4 nitrogen and oxygen atoms in total. The first kappa shape index (κ1) is 15.3. The van der Waals surface area contributed by atoms with Gasteiger partial charge in [-0.25, -0.2) is 0 Å². The van der Waals surface area contributed by atoms with E-state index in [0.29, 0.717) is 13.2 Å². The zero-order chi connectivity index (χ0) is 14.4. The fourth-order valence-corrected chi connectivity index (χ4v) is 2.90. The molecule has 0 aromatic heterocycles. The number of ether oxygens (including phenoxy) is 1. The van der Waals surface area contributed by atoms with E-state index in [4.69, 9.17) is 4.74 Å². The second-order valence-electron chi connectivity index (χ2n) is 4.84. The molecule has 0 radical (unpaired) electrons. The van der Waals surface area contributed by atoms with Crippen LogP contribution >= 0.6 is 15.9 Å². The quantitative estimate of drug-likeness (QED) is 0.607. The molecule has 1 aromatic carbocycles. The van der Waals surface area contributed by atoms with Gasteiger partial charge in [0.1, 0.15) is 4.83 Å². The zero-order valence-corrected chi connectivity index (χ0v) is 13.4. The molecule has 20 heavy (non-hydrogen) atoms.